The van der Waals surface area contributed by atoms with Gasteiger partial charge in [-0.25, -0.2) is 0 Å². The molecule has 1 radical (unpaired) electrons. The highest BCUT2D eigenvalue weighted by Crippen LogP contribution is 2.50. The van der Waals surface area contributed by atoms with E-state index in [1.54, 1.807) is 0 Å². The maximum Gasteiger partial charge on any atom is 0.423 e. The van der Waals surface area contributed by atoms with Gasteiger partial charge in [0.1, 0.15) is 5.71 Å². The summed E-state index contributed by atoms with van der Waals surface area (Å²) in [7, 11) is 0. The van der Waals surface area contributed by atoms with Crippen molar-refractivity contribution < 1.29 is 19.7 Å². The molecule has 1 aliphatic rings. The zero-order valence-electron chi connectivity index (χ0n) is 12.3. The molecule has 3 rings (SSSR count). The Bertz CT molecular complexity index is 1080. The van der Waals surface area contributed by atoms with Crippen molar-refractivity contribution in [3.8, 4) is 11.1 Å². The summed E-state index contributed by atoms with van der Waals surface area (Å²) in [5, 5.41) is 54.9. The van der Waals surface area contributed by atoms with E-state index in [0.29, 0.717) is 6.07 Å². The van der Waals surface area contributed by atoms with E-state index in [9.17, 15) is 45.9 Å². The lowest BCUT2D eigenvalue weighted by Crippen LogP contribution is -2.06. The minimum Gasteiger partial charge on any atom is -0.258 e. The molecule has 0 N–H and O–H groups in total. The van der Waals surface area contributed by atoms with Crippen LogP contribution in [0.3, 0.4) is 0 Å². The SMILES string of the molecule is [N]=C1c2cc([N+](=O)[O-])ccc2-c2c1cc([N+](=O)[O-])c([N+](=O)[O-])c2[N+](=O)[O-]. The highest BCUT2D eigenvalue weighted by molar-refractivity contribution is 6.26. The molecule has 0 fully saturated rings. The van der Waals surface area contributed by atoms with Crippen LogP contribution < -0.4 is 5.41 Å². The fourth-order valence-corrected chi connectivity index (χ4v) is 2.81. The lowest BCUT2D eigenvalue weighted by Gasteiger charge is -2.03. The zero-order valence-corrected chi connectivity index (χ0v) is 12.3. The van der Waals surface area contributed by atoms with Crippen LogP contribution in [-0.4, -0.2) is 25.4 Å². The molecule has 0 amide bonds. The average molecular weight is 358 g/mol. The lowest BCUT2D eigenvalue weighted by molar-refractivity contribution is -0.440. The first-order chi connectivity index (χ1) is 12.1. The van der Waals surface area contributed by atoms with Gasteiger partial charge in [-0.1, -0.05) is 0 Å². The average Bonchev–Trinajstić information content (AvgIpc) is 2.85. The molecule has 0 heterocycles. The summed E-state index contributed by atoms with van der Waals surface area (Å²) in [6.45, 7) is 0. The van der Waals surface area contributed by atoms with Crippen molar-refractivity contribution in [1.82, 2.24) is 5.41 Å². The number of nitrogens with zero attached hydrogens (tertiary/aromatic N) is 5. The second-order valence-electron chi connectivity index (χ2n) is 5.12. The first-order valence-electron chi connectivity index (χ1n) is 6.64. The van der Waals surface area contributed by atoms with Crippen LogP contribution in [0.25, 0.3) is 11.1 Å². The van der Waals surface area contributed by atoms with Gasteiger partial charge in [0.25, 0.3) is 5.69 Å². The van der Waals surface area contributed by atoms with Gasteiger partial charge in [0.15, 0.2) is 0 Å². The number of hydrogen-bond donors (Lipinski definition) is 0. The first kappa shape index (κ1) is 16.6. The Morgan fingerprint density at radius 1 is 0.692 bits per heavy atom. The molecule has 0 aliphatic heterocycles. The van der Waals surface area contributed by atoms with E-state index in [0.717, 1.165) is 18.2 Å². The summed E-state index contributed by atoms with van der Waals surface area (Å²) in [5.74, 6) is 0. The molecule has 26 heavy (non-hydrogen) atoms. The molecule has 0 saturated heterocycles. The Balaban J connectivity index is 2.47. The molecule has 2 aromatic carbocycles. The second-order valence-corrected chi connectivity index (χ2v) is 5.12. The number of rotatable bonds is 4. The minimum absolute atomic E-state index is 0.0761. The van der Waals surface area contributed by atoms with Gasteiger partial charge in [-0.3, -0.25) is 40.5 Å². The van der Waals surface area contributed by atoms with Crippen LogP contribution in [0.5, 0.6) is 0 Å². The predicted octanol–water partition coefficient (Wildman–Crippen LogP) is 1.94. The number of non-ortho nitro benzene ring substituents is 1. The summed E-state index contributed by atoms with van der Waals surface area (Å²) >= 11 is 0. The maximum absolute atomic E-state index is 11.4. The van der Waals surface area contributed by atoms with E-state index < -0.39 is 53.7 Å². The van der Waals surface area contributed by atoms with Crippen LogP contribution in [-0.2, 0) is 0 Å². The van der Waals surface area contributed by atoms with Crippen molar-refractivity contribution in [2.75, 3.05) is 0 Å². The molecular formula is C13H4N5O8. The summed E-state index contributed by atoms with van der Waals surface area (Å²) in [6.07, 6.45) is 0. The van der Waals surface area contributed by atoms with Gasteiger partial charge in [-0.15, -0.1) is 5.41 Å². The van der Waals surface area contributed by atoms with Crippen LogP contribution in [0.15, 0.2) is 24.3 Å². The van der Waals surface area contributed by atoms with Crippen LogP contribution in [0.1, 0.15) is 11.1 Å². The maximum atomic E-state index is 11.4. The number of hydrogen-bond acceptors (Lipinski definition) is 8. The third-order valence-electron chi connectivity index (χ3n) is 3.81. The molecule has 0 saturated carbocycles. The number of fused-ring (bicyclic) bond motifs is 3. The lowest BCUT2D eigenvalue weighted by atomic mass is 10.0. The fourth-order valence-electron chi connectivity index (χ4n) is 2.81. The van der Waals surface area contributed by atoms with Crippen molar-refractivity contribution >= 4 is 28.5 Å². The molecule has 1 aliphatic carbocycles. The van der Waals surface area contributed by atoms with Crippen molar-refractivity contribution in [2.45, 2.75) is 0 Å². The molecule has 0 atom stereocenters. The first-order valence-corrected chi connectivity index (χ1v) is 6.64. The monoisotopic (exact) mass is 358 g/mol. The van der Waals surface area contributed by atoms with Gasteiger partial charge >= 0.3 is 17.1 Å². The van der Waals surface area contributed by atoms with Crippen molar-refractivity contribution in [3.05, 3.63) is 75.8 Å². The highest BCUT2D eigenvalue weighted by atomic mass is 16.6. The number of benzene rings is 2. The molecular weight excluding hydrogens is 354 g/mol. The Labute approximate surface area is 141 Å². The zero-order chi connectivity index (χ0) is 19.3. The van der Waals surface area contributed by atoms with Crippen molar-refractivity contribution in [3.63, 3.8) is 0 Å². The normalized spacial score (nSPS) is 11.6. The second kappa shape index (κ2) is 5.37. The summed E-state index contributed by atoms with van der Waals surface area (Å²) < 4.78 is 0. The molecule has 0 aromatic heterocycles. The summed E-state index contributed by atoms with van der Waals surface area (Å²) in [4.78, 5) is 40.3. The van der Waals surface area contributed by atoms with Crippen molar-refractivity contribution in [1.29, 1.82) is 0 Å². The van der Waals surface area contributed by atoms with Gasteiger partial charge < -0.3 is 0 Å². The summed E-state index contributed by atoms with van der Waals surface area (Å²) in [6, 6.07) is 3.64. The minimum atomic E-state index is -1.34. The van der Waals surface area contributed by atoms with Gasteiger partial charge in [-0.05, 0) is 11.6 Å². The van der Waals surface area contributed by atoms with E-state index in [2.05, 4.69) is 0 Å². The molecule has 2 aromatic rings. The molecule has 0 unspecified atom stereocenters. The van der Waals surface area contributed by atoms with Gasteiger partial charge in [0.05, 0.1) is 25.3 Å². The molecule has 129 valence electrons. The van der Waals surface area contributed by atoms with Gasteiger partial charge in [-0.2, -0.15) is 0 Å². The Hall–Kier alpha value is -4.29. The largest absolute Gasteiger partial charge is 0.423 e. The molecule has 13 heteroatoms. The molecule has 0 spiro atoms. The van der Waals surface area contributed by atoms with E-state index in [4.69, 9.17) is 0 Å². The quantitative estimate of drug-likeness (QED) is 0.498. The predicted molar refractivity (Wildman–Crippen MR) is 83.8 cm³/mol. The van der Waals surface area contributed by atoms with Gasteiger partial charge in [0, 0.05) is 29.3 Å². The van der Waals surface area contributed by atoms with E-state index in [1.165, 1.54) is 0 Å². The van der Waals surface area contributed by atoms with Crippen LogP contribution in [0.4, 0.5) is 22.7 Å². The standard InChI is InChI=1S/C13H4N5O8/c14-11-7-3-5(15(19)20)1-2-6(7)10-8(11)4-9(16(21)22)12(17(23)24)13(10)18(25)26/h1-4H. The topological polar surface area (TPSA) is 195 Å². The summed E-state index contributed by atoms with van der Waals surface area (Å²) in [5.41, 5.74) is -5.85. The third-order valence-corrected chi connectivity index (χ3v) is 3.81. The third kappa shape index (κ3) is 2.15. The van der Waals surface area contributed by atoms with Gasteiger partial charge in [0.2, 0.25) is 0 Å². The Kier molecular flexibility index (Phi) is 3.42. The molecule has 13 nitrogen and oxygen atoms in total. The smallest absolute Gasteiger partial charge is 0.258 e. The van der Waals surface area contributed by atoms with E-state index in [1.807, 2.05) is 0 Å². The van der Waals surface area contributed by atoms with E-state index in [-0.39, 0.29) is 16.7 Å². The van der Waals surface area contributed by atoms with Crippen molar-refractivity contribution in [2.24, 2.45) is 0 Å². The highest BCUT2D eigenvalue weighted by Gasteiger charge is 2.45. The molecule has 0 bridgehead atoms. The number of nitro benzene ring substituents is 4. The van der Waals surface area contributed by atoms with Crippen LogP contribution in [0.2, 0.25) is 0 Å². The Morgan fingerprint density at radius 2 is 1.31 bits per heavy atom. The number of nitro groups is 4. The van der Waals surface area contributed by atoms with Crippen LogP contribution in [0, 0.1) is 40.5 Å². The van der Waals surface area contributed by atoms with E-state index >= 15 is 0 Å². The Morgan fingerprint density at radius 3 is 1.81 bits per heavy atom. The van der Waals surface area contributed by atoms with Crippen LogP contribution >= 0.6 is 0 Å². The fraction of sp³-hybridized carbons (Fsp3) is 0.